The van der Waals surface area contributed by atoms with E-state index >= 15 is 0 Å². The van der Waals surface area contributed by atoms with Gasteiger partial charge in [0, 0.05) is 13.2 Å². The molecule has 0 spiro atoms. The Hall–Kier alpha value is -0.610. The molecule has 0 heterocycles. The van der Waals surface area contributed by atoms with Crippen molar-refractivity contribution in [3.8, 4) is 0 Å². The number of methoxy groups -OCH3 is 1. The van der Waals surface area contributed by atoms with E-state index in [1.54, 1.807) is 21.0 Å². The number of rotatable bonds is 6. The standard InChI is InChI=1S/C10H21NO3/c1-6-14-9(12)10(4,7-13-5)11-8(2)3/h8,11H,6-7H2,1-5H3. The van der Waals surface area contributed by atoms with Gasteiger partial charge in [0.05, 0.1) is 13.2 Å². The maximum absolute atomic E-state index is 11.6. The van der Waals surface area contributed by atoms with Gasteiger partial charge in [0.15, 0.2) is 0 Å². The highest BCUT2D eigenvalue weighted by molar-refractivity contribution is 5.80. The lowest BCUT2D eigenvalue weighted by molar-refractivity contribution is -0.153. The fourth-order valence-corrected chi connectivity index (χ4v) is 1.38. The second-order valence-electron chi connectivity index (χ2n) is 3.78. The summed E-state index contributed by atoms with van der Waals surface area (Å²) in [4.78, 5) is 11.6. The van der Waals surface area contributed by atoms with Crippen LogP contribution in [0.15, 0.2) is 0 Å². The average Bonchev–Trinajstić information content (AvgIpc) is 2.03. The monoisotopic (exact) mass is 203 g/mol. The molecule has 1 atom stereocenters. The Bertz CT molecular complexity index is 182. The van der Waals surface area contributed by atoms with Crippen molar-refractivity contribution in [2.24, 2.45) is 0 Å². The zero-order valence-electron chi connectivity index (χ0n) is 9.72. The highest BCUT2D eigenvalue weighted by atomic mass is 16.5. The topological polar surface area (TPSA) is 47.6 Å². The molecule has 0 aliphatic carbocycles. The minimum atomic E-state index is -0.751. The van der Waals surface area contributed by atoms with Gasteiger partial charge in [-0.15, -0.1) is 0 Å². The average molecular weight is 203 g/mol. The normalized spacial score (nSPS) is 15.3. The molecular formula is C10H21NO3. The molecule has 0 saturated carbocycles. The Morgan fingerprint density at radius 1 is 1.50 bits per heavy atom. The van der Waals surface area contributed by atoms with Crippen LogP contribution in [0.3, 0.4) is 0 Å². The second-order valence-corrected chi connectivity index (χ2v) is 3.78. The third-order valence-corrected chi connectivity index (χ3v) is 1.77. The number of esters is 1. The number of nitrogens with one attached hydrogen (secondary N) is 1. The van der Waals surface area contributed by atoms with Crippen LogP contribution >= 0.6 is 0 Å². The van der Waals surface area contributed by atoms with Gasteiger partial charge < -0.3 is 9.47 Å². The molecule has 1 unspecified atom stereocenters. The summed E-state index contributed by atoms with van der Waals surface area (Å²) in [5.41, 5.74) is -0.751. The molecule has 4 heteroatoms. The lowest BCUT2D eigenvalue weighted by Crippen LogP contribution is -2.56. The van der Waals surface area contributed by atoms with Crippen LogP contribution in [0.2, 0.25) is 0 Å². The van der Waals surface area contributed by atoms with Crippen molar-refractivity contribution >= 4 is 5.97 Å². The summed E-state index contributed by atoms with van der Waals surface area (Å²) < 4.78 is 9.99. The predicted octanol–water partition coefficient (Wildman–Crippen LogP) is 0.953. The third-order valence-electron chi connectivity index (χ3n) is 1.77. The second kappa shape index (κ2) is 5.98. The van der Waals surface area contributed by atoms with E-state index in [1.165, 1.54) is 0 Å². The molecular weight excluding hydrogens is 182 g/mol. The number of carbonyl (C=O) groups is 1. The first-order chi connectivity index (χ1) is 6.46. The number of hydrogen-bond donors (Lipinski definition) is 1. The van der Waals surface area contributed by atoms with E-state index in [-0.39, 0.29) is 12.0 Å². The Labute approximate surface area is 86.0 Å². The molecule has 0 aliphatic rings. The third kappa shape index (κ3) is 4.07. The fraction of sp³-hybridized carbons (Fsp3) is 0.900. The van der Waals surface area contributed by atoms with E-state index in [4.69, 9.17) is 9.47 Å². The van der Waals surface area contributed by atoms with Gasteiger partial charge in [-0.1, -0.05) is 0 Å². The van der Waals surface area contributed by atoms with Crippen LogP contribution in [-0.4, -0.2) is 37.9 Å². The van der Waals surface area contributed by atoms with Crippen molar-refractivity contribution in [1.29, 1.82) is 0 Å². The SMILES string of the molecule is CCOC(=O)C(C)(COC)NC(C)C. The molecule has 0 amide bonds. The summed E-state index contributed by atoms with van der Waals surface area (Å²) in [6.07, 6.45) is 0. The van der Waals surface area contributed by atoms with Crippen LogP contribution in [0.4, 0.5) is 0 Å². The molecule has 0 aromatic rings. The Morgan fingerprint density at radius 3 is 2.43 bits per heavy atom. The molecule has 1 N–H and O–H groups in total. The van der Waals surface area contributed by atoms with E-state index in [0.717, 1.165) is 0 Å². The summed E-state index contributed by atoms with van der Waals surface area (Å²) in [7, 11) is 1.57. The lowest BCUT2D eigenvalue weighted by atomic mass is 10.0. The van der Waals surface area contributed by atoms with Crippen molar-refractivity contribution in [3.63, 3.8) is 0 Å². The molecule has 0 radical (unpaired) electrons. The maximum Gasteiger partial charge on any atom is 0.328 e. The molecule has 0 rings (SSSR count). The lowest BCUT2D eigenvalue weighted by Gasteiger charge is -2.29. The van der Waals surface area contributed by atoms with Gasteiger partial charge in [-0.05, 0) is 27.7 Å². The summed E-state index contributed by atoms with van der Waals surface area (Å²) in [5, 5.41) is 3.14. The van der Waals surface area contributed by atoms with Gasteiger partial charge in [0.2, 0.25) is 0 Å². The zero-order valence-corrected chi connectivity index (χ0v) is 9.72. The van der Waals surface area contributed by atoms with Crippen molar-refractivity contribution < 1.29 is 14.3 Å². The van der Waals surface area contributed by atoms with Crippen molar-refractivity contribution in [2.45, 2.75) is 39.3 Å². The minimum absolute atomic E-state index is 0.208. The first kappa shape index (κ1) is 13.4. The molecule has 14 heavy (non-hydrogen) atoms. The van der Waals surface area contributed by atoms with Crippen LogP contribution in [0.25, 0.3) is 0 Å². The molecule has 0 aromatic carbocycles. The maximum atomic E-state index is 11.6. The minimum Gasteiger partial charge on any atom is -0.465 e. The number of ether oxygens (including phenoxy) is 2. The van der Waals surface area contributed by atoms with Gasteiger partial charge >= 0.3 is 5.97 Å². The van der Waals surface area contributed by atoms with E-state index in [9.17, 15) is 4.79 Å². The quantitative estimate of drug-likeness (QED) is 0.653. The summed E-state index contributed by atoms with van der Waals surface area (Å²) in [5.74, 6) is -0.268. The van der Waals surface area contributed by atoms with Crippen molar-refractivity contribution in [3.05, 3.63) is 0 Å². The van der Waals surface area contributed by atoms with Crippen LogP contribution in [0.5, 0.6) is 0 Å². The van der Waals surface area contributed by atoms with Gasteiger partial charge in [-0.2, -0.15) is 0 Å². The van der Waals surface area contributed by atoms with Gasteiger partial charge in [0.1, 0.15) is 5.54 Å². The fourth-order valence-electron chi connectivity index (χ4n) is 1.38. The molecule has 84 valence electrons. The van der Waals surface area contributed by atoms with Gasteiger partial charge in [0.25, 0.3) is 0 Å². The van der Waals surface area contributed by atoms with E-state index in [0.29, 0.717) is 13.2 Å². The van der Waals surface area contributed by atoms with Crippen molar-refractivity contribution in [1.82, 2.24) is 5.32 Å². The van der Waals surface area contributed by atoms with Crippen LogP contribution in [0.1, 0.15) is 27.7 Å². The molecule has 0 aromatic heterocycles. The first-order valence-electron chi connectivity index (χ1n) is 4.90. The first-order valence-corrected chi connectivity index (χ1v) is 4.90. The summed E-state index contributed by atoms with van der Waals surface area (Å²) in [6.45, 7) is 8.23. The van der Waals surface area contributed by atoms with E-state index in [2.05, 4.69) is 5.32 Å². The van der Waals surface area contributed by atoms with Gasteiger partial charge in [-0.25, -0.2) is 4.79 Å². The van der Waals surface area contributed by atoms with E-state index < -0.39 is 5.54 Å². The summed E-state index contributed by atoms with van der Waals surface area (Å²) >= 11 is 0. The highest BCUT2D eigenvalue weighted by Crippen LogP contribution is 2.08. The molecule has 0 bridgehead atoms. The molecule has 0 aliphatic heterocycles. The highest BCUT2D eigenvalue weighted by Gasteiger charge is 2.35. The smallest absolute Gasteiger partial charge is 0.328 e. The molecule has 4 nitrogen and oxygen atoms in total. The van der Waals surface area contributed by atoms with E-state index in [1.807, 2.05) is 13.8 Å². The van der Waals surface area contributed by atoms with Gasteiger partial charge in [-0.3, -0.25) is 5.32 Å². The molecule has 0 fully saturated rings. The number of hydrogen-bond acceptors (Lipinski definition) is 4. The predicted molar refractivity (Wildman–Crippen MR) is 55.2 cm³/mol. The Balaban J connectivity index is 4.43. The summed E-state index contributed by atoms with van der Waals surface area (Å²) in [6, 6.07) is 0.208. The largest absolute Gasteiger partial charge is 0.465 e. The Kier molecular flexibility index (Phi) is 5.72. The van der Waals surface area contributed by atoms with Crippen LogP contribution in [-0.2, 0) is 14.3 Å². The van der Waals surface area contributed by atoms with Crippen LogP contribution < -0.4 is 5.32 Å². The Morgan fingerprint density at radius 2 is 2.07 bits per heavy atom. The van der Waals surface area contributed by atoms with Crippen LogP contribution in [0, 0.1) is 0 Å². The van der Waals surface area contributed by atoms with Crippen molar-refractivity contribution in [2.75, 3.05) is 20.3 Å². The number of carbonyl (C=O) groups excluding carboxylic acids is 1. The molecule has 0 saturated heterocycles. The zero-order chi connectivity index (χ0) is 11.2.